The normalized spacial score (nSPS) is 20.3. The van der Waals surface area contributed by atoms with Crippen molar-refractivity contribution in [1.82, 2.24) is 47.0 Å². The molecular formula is C78H102Cl2N10O15S2. The Morgan fingerprint density at radius 2 is 0.888 bits per heavy atom. The number of fused-ring (bicyclic) bond motifs is 2. The maximum Gasteiger partial charge on any atom is 0.335 e. The number of aromatic carboxylic acids is 1. The summed E-state index contributed by atoms with van der Waals surface area (Å²) >= 11 is 15.4. The van der Waals surface area contributed by atoms with Crippen LogP contribution in [0.25, 0.3) is 0 Å². The molecule has 6 heterocycles. The minimum absolute atomic E-state index is 0.0205. The van der Waals surface area contributed by atoms with Crippen LogP contribution >= 0.6 is 46.7 Å². The van der Waals surface area contributed by atoms with Crippen LogP contribution in [0.15, 0.2) is 97.1 Å². The third-order valence-corrected chi connectivity index (χ3v) is 23.7. The van der Waals surface area contributed by atoms with Gasteiger partial charge >= 0.3 is 5.97 Å². The maximum atomic E-state index is 13.5. The van der Waals surface area contributed by atoms with Gasteiger partial charge in [0, 0.05) is 114 Å². The molecule has 4 aromatic carbocycles. The minimum atomic E-state index is -1.10. The predicted octanol–water partition coefficient (Wildman–Crippen LogP) is 7.77. The van der Waals surface area contributed by atoms with Crippen LogP contribution in [0.3, 0.4) is 0 Å². The van der Waals surface area contributed by atoms with Gasteiger partial charge in [0.25, 0.3) is 17.7 Å². The van der Waals surface area contributed by atoms with Crippen LogP contribution in [0.1, 0.15) is 169 Å². The third-order valence-electron chi connectivity index (χ3n) is 20.1. The second-order valence-corrected chi connectivity index (χ2v) is 31.8. The second-order valence-electron chi connectivity index (χ2n) is 28.3. The van der Waals surface area contributed by atoms with E-state index >= 15 is 0 Å². The number of thioether (sulfide) groups is 2. The predicted molar refractivity (Wildman–Crippen MR) is 411 cm³/mol. The molecule has 10 N–H and O–H groups in total. The van der Waals surface area contributed by atoms with E-state index in [0.717, 1.165) is 63.5 Å². The van der Waals surface area contributed by atoms with E-state index in [1.165, 1.54) is 35.4 Å². The van der Waals surface area contributed by atoms with Crippen molar-refractivity contribution in [2.75, 3.05) is 90.3 Å². The topological polar surface area (TPSA) is 360 Å². The van der Waals surface area contributed by atoms with Crippen molar-refractivity contribution in [3.8, 4) is 0 Å². The Labute approximate surface area is 644 Å². The molecule has 10 rings (SSSR count). The molecule has 29 heteroatoms. The fourth-order valence-corrected chi connectivity index (χ4v) is 17.7. The largest absolute Gasteiger partial charge is 0.478 e. The van der Waals surface area contributed by atoms with E-state index in [1.54, 1.807) is 47.8 Å². The first-order valence-corrected chi connectivity index (χ1v) is 40.0. The summed E-state index contributed by atoms with van der Waals surface area (Å²) in [5, 5.41) is 29.9. The van der Waals surface area contributed by atoms with Gasteiger partial charge in [-0.15, -0.1) is 0 Å². The lowest BCUT2D eigenvalue weighted by molar-refractivity contribution is -0.136. The number of halogens is 2. The summed E-state index contributed by atoms with van der Waals surface area (Å²) in [7, 11) is 0. The quantitative estimate of drug-likeness (QED) is 0.0162. The number of hydrogen-bond acceptors (Lipinski definition) is 17. The number of rotatable bonds is 33. The molecule has 6 fully saturated rings. The summed E-state index contributed by atoms with van der Waals surface area (Å²) in [4.78, 5) is 151. The average molecular weight is 1550 g/mol. The zero-order chi connectivity index (χ0) is 77.1. The molecular weight excluding hydrogens is 1450 g/mol. The number of carboxylic acid groups (broad SMARTS) is 1. The zero-order valence-corrected chi connectivity index (χ0v) is 64.4. The second kappa shape index (κ2) is 42.7. The smallest absolute Gasteiger partial charge is 0.335 e. The molecule has 8 atom stereocenters. The van der Waals surface area contributed by atoms with Gasteiger partial charge < -0.3 is 56.7 Å². The Morgan fingerprint density at radius 3 is 1.28 bits per heavy atom. The number of hydrogen-bond donors (Lipinski definition) is 9. The van der Waals surface area contributed by atoms with Gasteiger partial charge in [0.05, 0.1) is 55.7 Å². The van der Waals surface area contributed by atoms with Crippen LogP contribution in [0.2, 0.25) is 10.0 Å². The molecule has 11 amide bonds. The monoisotopic (exact) mass is 1550 g/mol. The highest BCUT2D eigenvalue weighted by molar-refractivity contribution is 8.00. The summed E-state index contributed by atoms with van der Waals surface area (Å²) in [5.41, 5.74) is 8.59. The van der Waals surface area contributed by atoms with Gasteiger partial charge in [0.1, 0.15) is 12.1 Å². The van der Waals surface area contributed by atoms with E-state index < -0.39 is 29.9 Å². The molecule has 107 heavy (non-hydrogen) atoms. The molecule has 0 radical (unpaired) electrons. The Morgan fingerprint density at radius 1 is 0.514 bits per heavy atom. The Bertz CT molecular complexity index is 3730. The average Bonchev–Trinajstić information content (AvgIpc) is 1.58. The van der Waals surface area contributed by atoms with Crippen LogP contribution in [-0.2, 0) is 47.8 Å². The fraction of sp³-hybridized carbons (Fsp3) is 0.538. The highest BCUT2D eigenvalue weighted by Gasteiger charge is 2.51. The number of nitrogens with one attached hydrogen (secondary N) is 7. The van der Waals surface area contributed by atoms with Gasteiger partial charge in [0.15, 0.2) is 0 Å². The van der Waals surface area contributed by atoms with E-state index in [9.17, 15) is 57.5 Å². The number of imide groups is 2. The van der Waals surface area contributed by atoms with Crippen molar-refractivity contribution in [2.24, 2.45) is 41.2 Å². The summed E-state index contributed by atoms with van der Waals surface area (Å²) in [6.07, 6.45) is 9.11. The van der Waals surface area contributed by atoms with Crippen molar-refractivity contribution in [2.45, 2.75) is 139 Å². The van der Waals surface area contributed by atoms with Crippen LogP contribution in [0, 0.1) is 35.5 Å². The van der Waals surface area contributed by atoms with Gasteiger partial charge in [-0.05, 0) is 147 Å². The number of benzene rings is 4. The van der Waals surface area contributed by atoms with Crippen LogP contribution < -0.4 is 43.0 Å². The first-order chi connectivity index (χ1) is 51.4. The molecule has 0 bridgehead atoms. The molecule has 25 nitrogen and oxygen atoms in total. The SMILES string of the molecule is CC(C)[C@@H](NC(=O)c1cccc(C(=O)NCCOCCNC(=O)CCCC[C@@H]2SC[C@@H]3C(=O)NC(=O)[C@H]23)c1)C(=O)N1CCC(c2ccc(Cl)cc2)CC1.CC(C)[C@@H](NC(=O)c1cccc(C(=O)O)c1)C(=O)N1CCC(c2ccc(Cl)cc2)CC1.NCCOCCNC(=O)CCCC[C@@H]1SC[C@@H]2C(=O)NC(=O)[C@H]12. The molecule has 0 aliphatic carbocycles. The van der Waals surface area contributed by atoms with Gasteiger partial charge in [-0.25, -0.2) is 4.79 Å². The van der Waals surface area contributed by atoms with Crippen molar-refractivity contribution in [3.63, 3.8) is 0 Å². The summed E-state index contributed by atoms with van der Waals surface area (Å²) < 4.78 is 10.7. The van der Waals surface area contributed by atoms with Crippen LogP contribution in [0.4, 0.5) is 0 Å². The number of nitrogens with zero attached hydrogens (tertiary/aromatic N) is 2. The molecule has 0 spiro atoms. The molecule has 6 saturated heterocycles. The number of carbonyl (C=O) groups is 12. The lowest BCUT2D eigenvalue weighted by atomic mass is 9.89. The molecule has 4 aromatic rings. The summed E-state index contributed by atoms with van der Waals surface area (Å²) in [6, 6.07) is 26.5. The lowest BCUT2D eigenvalue weighted by Gasteiger charge is -2.35. The molecule has 0 unspecified atom stereocenters. The van der Waals surface area contributed by atoms with Gasteiger partial charge in [0.2, 0.25) is 47.3 Å². The van der Waals surface area contributed by atoms with Crippen molar-refractivity contribution >= 4 is 118 Å². The van der Waals surface area contributed by atoms with E-state index in [1.807, 2.05) is 86.0 Å². The number of ether oxygens (including phenoxy) is 2. The molecule has 6 aliphatic rings. The number of nitrogens with two attached hydrogens (primary N) is 1. The van der Waals surface area contributed by atoms with E-state index in [0.29, 0.717) is 111 Å². The number of unbranched alkanes of at least 4 members (excludes halogenated alkanes) is 2. The number of carbonyl (C=O) groups excluding carboxylic acids is 11. The third kappa shape index (κ3) is 25.3. The van der Waals surface area contributed by atoms with Gasteiger partial charge in [-0.2, -0.15) is 23.5 Å². The number of likely N-dealkylation sites (tertiary alicyclic amines) is 2. The highest BCUT2D eigenvalue weighted by atomic mass is 35.5. The molecule has 0 aromatic heterocycles. The first-order valence-electron chi connectivity index (χ1n) is 37.1. The summed E-state index contributed by atoms with van der Waals surface area (Å²) in [5.74, 6) is -1.99. The molecule has 580 valence electrons. The van der Waals surface area contributed by atoms with E-state index in [2.05, 4.69) is 37.2 Å². The number of carboxylic acids is 1. The Hall–Kier alpha value is -7.92. The lowest BCUT2D eigenvalue weighted by Crippen LogP contribution is -2.52. The van der Waals surface area contributed by atoms with E-state index in [4.69, 9.17) is 43.5 Å². The van der Waals surface area contributed by atoms with Gasteiger partial charge in [-0.1, -0.05) is 100 Å². The summed E-state index contributed by atoms with van der Waals surface area (Å²) in [6.45, 7) is 13.1. The van der Waals surface area contributed by atoms with Crippen LogP contribution in [-0.4, -0.2) is 199 Å². The molecule has 0 saturated carbocycles. The highest BCUT2D eigenvalue weighted by Crippen LogP contribution is 2.44. The van der Waals surface area contributed by atoms with Crippen LogP contribution in [0.5, 0.6) is 0 Å². The fourth-order valence-electron chi connectivity index (χ4n) is 14.1. The molecule has 6 aliphatic heterocycles. The Kier molecular flexibility index (Phi) is 33.8. The Balaban J connectivity index is 0.000000225. The van der Waals surface area contributed by atoms with Crippen molar-refractivity contribution < 1.29 is 72.1 Å². The van der Waals surface area contributed by atoms with Gasteiger partial charge in [-0.3, -0.25) is 63.4 Å². The first kappa shape index (κ1) is 84.7. The maximum absolute atomic E-state index is 13.5. The number of amides is 11. The number of piperidine rings is 2. The standard InChI is InChI=1S/C39H50ClN5O7S.C24H27ClN2O4.C15H25N3O4S/c1-24(2)34(39(51)45-18-14-26(15-19-45)25-10-12-29(40)13-11-25)43-36(48)28-7-5-6-27(22-28)35(47)42-17-21-52-20-16-41-32(46)9-4-3-8-31-33-30(23-53-31)37(49)44-38(33)50;1-15(2)21(26-22(28)18-4-3-5-19(14-18)24(30)31)23(29)27-12-10-17(11-13-27)16-6-8-20(25)9-7-16;16-5-7-22-8-6-17-12(19)4-2-1-3-11-13-10(9-23-11)14(20)18-15(13)21/h5-7,10-13,22,24,26,30-31,33-34H,3-4,8-9,14-21,23H2,1-2H3,(H,41,46)(H,42,47)(H,43,48)(H,44,49,50);3-9,14-15,17,21H,10-13H2,1-2H3,(H,26,28)(H,30,31);10-11,13H,1-9,16H2,(H,17,19)(H,18,20,21)/t30-,31-,33-,34+;21-;10-,11-,13-/m010/s1. The minimum Gasteiger partial charge on any atom is -0.478 e. The van der Waals surface area contributed by atoms with Crippen molar-refractivity contribution in [1.29, 1.82) is 0 Å². The zero-order valence-electron chi connectivity index (χ0n) is 61.3. The van der Waals surface area contributed by atoms with E-state index in [-0.39, 0.29) is 136 Å². The van der Waals surface area contributed by atoms with Crippen molar-refractivity contribution in [3.05, 3.63) is 140 Å².